The second-order valence-electron chi connectivity index (χ2n) is 5.60. The first-order valence-electron chi connectivity index (χ1n) is 6.73. The van der Waals surface area contributed by atoms with Gasteiger partial charge in [-0.05, 0) is 31.5 Å². The van der Waals surface area contributed by atoms with Crippen LogP contribution in [0.3, 0.4) is 0 Å². The summed E-state index contributed by atoms with van der Waals surface area (Å²) in [5, 5.41) is 3.45. The summed E-state index contributed by atoms with van der Waals surface area (Å²) >= 11 is 0. The van der Waals surface area contributed by atoms with Crippen molar-refractivity contribution in [2.45, 2.75) is 25.9 Å². The lowest BCUT2D eigenvalue weighted by Gasteiger charge is -2.43. The van der Waals surface area contributed by atoms with Crippen molar-refractivity contribution in [3.8, 4) is 11.5 Å². The molecule has 0 atom stereocenters. The number of hydrogen-bond acceptors (Lipinski definition) is 4. The third-order valence-electron chi connectivity index (χ3n) is 3.79. The molecule has 0 unspecified atom stereocenters. The lowest BCUT2D eigenvalue weighted by atomic mass is 9.99. The highest BCUT2D eigenvalue weighted by molar-refractivity contribution is 5.42. The summed E-state index contributed by atoms with van der Waals surface area (Å²) in [6.07, 6.45) is 0. The average molecular weight is 264 g/mol. The van der Waals surface area contributed by atoms with E-state index in [-0.39, 0.29) is 5.54 Å². The van der Waals surface area contributed by atoms with Crippen LogP contribution < -0.4 is 14.8 Å². The van der Waals surface area contributed by atoms with Crippen LogP contribution in [0.4, 0.5) is 0 Å². The van der Waals surface area contributed by atoms with Gasteiger partial charge in [-0.25, -0.2) is 0 Å². The van der Waals surface area contributed by atoms with Crippen LogP contribution in [0.5, 0.6) is 11.5 Å². The van der Waals surface area contributed by atoms with E-state index in [4.69, 9.17) is 9.47 Å². The molecular weight excluding hydrogens is 240 g/mol. The molecule has 0 spiro atoms. The lowest BCUT2D eigenvalue weighted by Crippen LogP contribution is -2.57. The fourth-order valence-corrected chi connectivity index (χ4v) is 2.52. The maximum absolute atomic E-state index is 5.36. The Morgan fingerprint density at radius 3 is 2.58 bits per heavy atom. The van der Waals surface area contributed by atoms with Crippen LogP contribution in [0.2, 0.25) is 0 Å². The zero-order valence-corrected chi connectivity index (χ0v) is 12.3. The highest BCUT2D eigenvalue weighted by Crippen LogP contribution is 2.29. The normalized spacial score (nSPS) is 19.2. The quantitative estimate of drug-likeness (QED) is 0.900. The van der Waals surface area contributed by atoms with Gasteiger partial charge in [0.25, 0.3) is 0 Å². The Labute approximate surface area is 115 Å². The fraction of sp³-hybridized carbons (Fsp3) is 0.600. The minimum atomic E-state index is 0.186. The number of rotatable bonds is 4. The van der Waals surface area contributed by atoms with Crippen molar-refractivity contribution in [3.63, 3.8) is 0 Å². The zero-order chi connectivity index (χ0) is 13.9. The highest BCUT2D eigenvalue weighted by atomic mass is 16.5. The Balaban J connectivity index is 2.14. The van der Waals surface area contributed by atoms with E-state index < -0.39 is 0 Å². The van der Waals surface area contributed by atoms with Crippen LogP contribution >= 0.6 is 0 Å². The van der Waals surface area contributed by atoms with Crippen molar-refractivity contribution in [3.05, 3.63) is 23.8 Å². The Kier molecular flexibility index (Phi) is 4.32. The smallest absolute Gasteiger partial charge is 0.161 e. The minimum absolute atomic E-state index is 0.186. The summed E-state index contributed by atoms with van der Waals surface area (Å²) in [5.41, 5.74) is 1.44. The van der Waals surface area contributed by atoms with Gasteiger partial charge in [-0.3, -0.25) is 4.90 Å². The Bertz CT molecular complexity index is 432. The van der Waals surface area contributed by atoms with Crippen molar-refractivity contribution in [1.82, 2.24) is 10.2 Å². The number of ether oxygens (including phenoxy) is 2. The Morgan fingerprint density at radius 2 is 1.95 bits per heavy atom. The maximum atomic E-state index is 5.36. The Hall–Kier alpha value is -1.26. The van der Waals surface area contributed by atoms with E-state index in [2.05, 4.69) is 36.2 Å². The van der Waals surface area contributed by atoms with Crippen molar-refractivity contribution >= 4 is 0 Å². The molecule has 1 aliphatic rings. The second-order valence-corrected chi connectivity index (χ2v) is 5.60. The van der Waals surface area contributed by atoms with E-state index in [9.17, 15) is 0 Å². The first-order valence-corrected chi connectivity index (χ1v) is 6.73. The molecule has 4 nitrogen and oxygen atoms in total. The van der Waals surface area contributed by atoms with Crippen LogP contribution in [0.15, 0.2) is 18.2 Å². The molecule has 1 N–H and O–H groups in total. The third kappa shape index (κ3) is 3.19. The van der Waals surface area contributed by atoms with E-state index in [0.29, 0.717) is 0 Å². The molecule has 1 aliphatic heterocycles. The molecule has 4 heteroatoms. The monoisotopic (exact) mass is 264 g/mol. The molecule has 0 saturated carbocycles. The molecular formula is C15H24N2O2. The summed E-state index contributed by atoms with van der Waals surface area (Å²) in [6, 6.07) is 6.15. The lowest BCUT2D eigenvalue weighted by molar-refractivity contribution is 0.0826. The van der Waals surface area contributed by atoms with Crippen molar-refractivity contribution in [1.29, 1.82) is 0 Å². The average Bonchev–Trinajstić information content (AvgIpc) is 2.41. The summed E-state index contributed by atoms with van der Waals surface area (Å²) in [7, 11) is 3.34. The van der Waals surface area contributed by atoms with E-state index >= 15 is 0 Å². The first kappa shape index (κ1) is 14.2. The number of hydrogen-bond donors (Lipinski definition) is 1. The van der Waals surface area contributed by atoms with Gasteiger partial charge < -0.3 is 14.8 Å². The molecule has 1 aromatic rings. The molecule has 2 rings (SSSR count). The topological polar surface area (TPSA) is 33.7 Å². The molecule has 0 aromatic heterocycles. The van der Waals surface area contributed by atoms with Crippen LogP contribution in [0.1, 0.15) is 19.4 Å². The van der Waals surface area contributed by atoms with Gasteiger partial charge in [0.2, 0.25) is 0 Å². The largest absolute Gasteiger partial charge is 0.493 e. The summed E-state index contributed by atoms with van der Waals surface area (Å²) < 4.78 is 10.6. The molecule has 1 aromatic carbocycles. The van der Waals surface area contributed by atoms with Crippen molar-refractivity contribution in [2.75, 3.05) is 33.9 Å². The van der Waals surface area contributed by atoms with Gasteiger partial charge in [0, 0.05) is 31.7 Å². The molecule has 106 valence electrons. The predicted octanol–water partition coefficient (Wildman–Crippen LogP) is 1.89. The minimum Gasteiger partial charge on any atom is -0.493 e. The van der Waals surface area contributed by atoms with Crippen LogP contribution in [-0.4, -0.2) is 44.3 Å². The first-order chi connectivity index (χ1) is 9.06. The SMILES string of the molecule is COc1ccc(CN2CCNCC2(C)C)cc1OC. The molecule has 0 amide bonds. The highest BCUT2D eigenvalue weighted by Gasteiger charge is 2.29. The van der Waals surface area contributed by atoms with Crippen LogP contribution in [-0.2, 0) is 6.54 Å². The zero-order valence-electron chi connectivity index (χ0n) is 12.3. The maximum Gasteiger partial charge on any atom is 0.161 e. The summed E-state index contributed by atoms with van der Waals surface area (Å²) in [5.74, 6) is 1.58. The van der Waals surface area contributed by atoms with Crippen LogP contribution in [0.25, 0.3) is 0 Å². The van der Waals surface area contributed by atoms with Gasteiger partial charge >= 0.3 is 0 Å². The molecule has 0 radical (unpaired) electrons. The number of piperazine rings is 1. The third-order valence-corrected chi connectivity index (χ3v) is 3.79. The molecule has 1 heterocycles. The van der Waals surface area contributed by atoms with Gasteiger partial charge in [0.05, 0.1) is 14.2 Å². The summed E-state index contributed by atoms with van der Waals surface area (Å²) in [4.78, 5) is 2.50. The number of methoxy groups -OCH3 is 2. The van der Waals surface area contributed by atoms with Gasteiger partial charge in [0.15, 0.2) is 11.5 Å². The van der Waals surface area contributed by atoms with Gasteiger partial charge in [-0.2, -0.15) is 0 Å². The molecule has 1 saturated heterocycles. The van der Waals surface area contributed by atoms with Crippen molar-refractivity contribution in [2.24, 2.45) is 0 Å². The molecule has 1 fully saturated rings. The fourth-order valence-electron chi connectivity index (χ4n) is 2.52. The van der Waals surface area contributed by atoms with E-state index in [0.717, 1.165) is 37.7 Å². The number of nitrogens with one attached hydrogen (secondary N) is 1. The molecule has 0 aliphatic carbocycles. The second kappa shape index (κ2) is 5.80. The summed E-state index contributed by atoms with van der Waals surface area (Å²) in [6.45, 7) is 8.65. The van der Waals surface area contributed by atoms with E-state index in [1.165, 1.54) is 5.56 Å². The Morgan fingerprint density at radius 1 is 1.21 bits per heavy atom. The standard InChI is InChI=1S/C15H24N2O2/c1-15(2)11-16-7-8-17(15)10-12-5-6-13(18-3)14(9-12)19-4/h5-6,9,16H,7-8,10-11H2,1-4H3. The van der Waals surface area contributed by atoms with Gasteiger partial charge in [-0.15, -0.1) is 0 Å². The molecule has 0 bridgehead atoms. The number of benzene rings is 1. The van der Waals surface area contributed by atoms with Crippen LogP contribution in [0, 0.1) is 0 Å². The van der Waals surface area contributed by atoms with E-state index in [1.54, 1.807) is 14.2 Å². The number of nitrogens with zero attached hydrogens (tertiary/aromatic N) is 1. The van der Waals surface area contributed by atoms with E-state index in [1.807, 2.05) is 6.07 Å². The molecule has 19 heavy (non-hydrogen) atoms. The van der Waals surface area contributed by atoms with Crippen molar-refractivity contribution < 1.29 is 9.47 Å². The van der Waals surface area contributed by atoms with Gasteiger partial charge in [0.1, 0.15) is 0 Å². The predicted molar refractivity (Wildman–Crippen MR) is 76.9 cm³/mol. The van der Waals surface area contributed by atoms with Gasteiger partial charge in [-0.1, -0.05) is 6.07 Å².